The quantitative estimate of drug-likeness (QED) is 0.811. The van der Waals surface area contributed by atoms with Gasteiger partial charge in [0, 0.05) is 11.1 Å². The van der Waals surface area contributed by atoms with Gasteiger partial charge in [-0.25, -0.2) is 0 Å². The fraction of sp³-hybridized carbons (Fsp3) is 0.235. The van der Waals surface area contributed by atoms with Crippen LogP contribution in [0.4, 0.5) is 5.69 Å². The molecule has 0 saturated carbocycles. The van der Waals surface area contributed by atoms with Crippen molar-refractivity contribution in [3.8, 4) is 11.5 Å². The fourth-order valence-corrected chi connectivity index (χ4v) is 2.30. The number of hydrogen-bond acceptors (Lipinski definition) is 3. The summed E-state index contributed by atoms with van der Waals surface area (Å²) < 4.78 is 10.9. The standard InChI is InChI=1S/C17H17Cl2NO3/c1-3-16(23-13-6-4-5-12(10-13)22-2)17(21)20-15-9-11(18)7-8-14(15)19/h4-10,16H,3H2,1-2H3,(H,20,21)/t16-/m1/s1. The van der Waals surface area contributed by atoms with Crippen molar-refractivity contribution in [3.05, 3.63) is 52.5 Å². The van der Waals surface area contributed by atoms with E-state index in [0.717, 1.165) is 0 Å². The molecule has 1 N–H and O–H groups in total. The lowest BCUT2D eigenvalue weighted by Gasteiger charge is -2.18. The summed E-state index contributed by atoms with van der Waals surface area (Å²) in [6.07, 6.45) is -0.154. The molecule has 0 fully saturated rings. The number of benzene rings is 2. The zero-order valence-electron chi connectivity index (χ0n) is 12.8. The van der Waals surface area contributed by atoms with E-state index in [2.05, 4.69) is 5.32 Å². The first kappa shape index (κ1) is 17.4. The number of hydrogen-bond donors (Lipinski definition) is 1. The summed E-state index contributed by atoms with van der Waals surface area (Å²) in [5.41, 5.74) is 0.455. The van der Waals surface area contributed by atoms with Crippen LogP contribution in [-0.4, -0.2) is 19.1 Å². The SMILES string of the molecule is CC[C@@H](Oc1cccc(OC)c1)C(=O)Nc1cc(Cl)ccc1Cl. The molecule has 0 radical (unpaired) electrons. The molecule has 0 spiro atoms. The molecular weight excluding hydrogens is 337 g/mol. The number of halogens is 2. The van der Waals surface area contributed by atoms with Crippen molar-refractivity contribution in [1.82, 2.24) is 0 Å². The van der Waals surface area contributed by atoms with E-state index in [9.17, 15) is 4.79 Å². The molecule has 0 aliphatic heterocycles. The summed E-state index contributed by atoms with van der Waals surface area (Å²) in [4.78, 5) is 12.4. The van der Waals surface area contributed by atoms with Crippen LogP contribution in [0, 0.1) is 0 Å². The highest BCUT2D eigenvalue weighted by Crippen LogP contribution is 2.26. The Kier molecular flexibility index (Phi) is 6.13. The first-order chi connectivity index (χ1) is 11.0. The largest absolute Gasteiger partial charge is 0.497 e. The number of ether oxygens (including phenoxy) is 2. The van der Waals surface area contributed by atoms with Gasteiger partial charge in [-0.15, -0.1) is 0 Å². The lowest BCUT2D eigenvalue weighted by molar-refractivity contribution is -0.122. The van der Waals surface area contributed by atoms with Crippen LogP contribution < -0.4 is 14.8 Å². The normalized spacial score (nSPS) is 11.7. The second-order valence-corrected chi connectivity index (χ2v) is 5.65. The van der Waals surface area contributed by atoms with Gasteiger partial charge in [-0.3, -0.25) is 4.79 Å². The number of rotatable bonds is 6. The molecule has 6 heteroatoms. The average Bonchev–Trinajstić information content (AvgIpc) is 2.56. The van der Waals surface area contributed by atoms with E-state index in [1.807, 2.05) is 6.92 Å². The Hall–Kier alpha value is -1.91. The summed E-state index contributed by atoms with van der Waals surface area (Å²) in [5.74, 6) is 0.929. The zero-order chi connectivity index (χ0) is 16.8. The van der Waals surface area contributed by atoms with Crippen LogP contribution in [-0.2, 0) is 4.79 Å². The molecule has 0 aliphatic carbocycles. The van der Waals surface area contributed by atoms with Crippen LogP contribution >= 0.6 is 23.2 Å². The number of anilines is 1. The molecule has 2 aromatic carbocycles. The average molecular weight is 354 g/mol. The highest BCUT2D eigenvalue weighted by Gasteiger charge is 2.19. The number of carbonyl (C=O) groups excluding carboxylic acids is 1. The van der Waals surface area contributed by atoms with Gasteiger partial charge >= 0.3 is 0 Å². The molecule has 23 heavy (non-hydrogen) atoms. The molecule has 2 aromatic rings. The molecule has 2 rings (SSSR count). The van der Waals surface area contributed by atoms with Crippen LogP contribution in [0.25, 0.3) is 0 Å². The summed E-state index contributed by atoms with van der Waals surface area (Å²) in [6.45, 7) is 1.87. The molecule has 0 saturated heterocycles. The maximum absolute atomic E-state index is 12.4. The third-order valence-electron chi connectivity index (χ3n) is 3.17. The van der Waals surface area contributed by atoms with E-state index in [1.54, 1.807) is 49.6 Å². The number of nitrogens with one attached hydrogen (secondary N) is 1. The van der Waals surface area contributed by atoms with Crippen molar-refractivity contribution in [1.29, 1.82) is 0 Å². The van der Waals surface area contributed by atoms with Crippen molar-refractivity contribution >= 4 is 34.8 Å². The van der Waals surface area contributed by atoms with Gasteiger partial charge in [-0.2, -0.15) is 0 Å². The van der Waals surface area contributed by atoms with Gasteiger partial charge in [-0.05, 0) is 36.8 Å². The molecular formula is C17H17Cl2NO3. The van der Waals surface area contributed by atoms with Gasteiger partial charge in [0.2, 0.25) is 0 Å². The van der Waals surface area contributed by atoms with Gasteiger partial charge in [0.05, 0.1) is 17.8 Å². The molecule has 4 nitrogen and oxygen atoms in total. The van der Waals surface area contributed by atoms with E-state index >= 15 is 0 Å². The Morgan fingerprint density at radius 2 is 1.91 bits per heavy atom. The molecule has 122 valence electrons. The minimum Gasteiger partial charge on any atom is -0.497 e. The van der Waals surface area contributed by atoms with E-state index < -0.39 is 6.10 Å². The van der Waals surface area contributed by atoms with Crippen LogP contribution in [0.5, 0.6) is 11.5 Å². The molecule has 0 heterocycles. The first-order valence-electron chi connectivity index (χ1n) is 7.10. The van der Waals surface area contributed by atoms with Crippen LogP contribution in [0.2, 0.25) is 10.0 Å². The van der Waals surface area contributed by atoms with Gasteiger partial charge < -0.3 is 14.8 Å². The number of amides is 1. The number of carbonyl (C=O) groups is 1. The lowest BCUT2D eigenvalue weighted by Crippen LogP contribution is -2.32. The maximum Gasteiger partial charge on any atom is 0.265 e. The van der Waals surface area contributed by atoms with Gasteiger partial charge in [0.15, 0.2) is 6.10 Å². The minimum absolute atomic E-state index is 0.292. The number of methoxy groups -OCH3 is 1. The van der Waals surface area contributed by atoms with Crippen molar-refractivity contribution in [2.45, 2.75) is 19.4 Å². The second-order valence-electron chi connectivity index (χ2n) is 4.81. The molecule has 1 atom stereocenters. The molecule has 0 aromatic heterocycles. The van der Waals surface area contributed by atoms with Crippen LogP contribution in [0.3, 0.4) is 0 Å². The Morgan fingerprint density at radius 1 is 1.17 bits per heavy atom. The maximum atomic E-state index is 12.4. The Labute approximate surface area is 145 Å². The Balaban J connectivity index is 2.10. The van der Waals surface area contributed by atoms with Crippen molar-refractivity contribution in [3.63, 3.8) is 0 Å². The van der Waals surface area contributed by atoms with Gasteiger partial charge in [-0.1, -0.05) is 36.2 Å². The topological polar surface area (TPSA) is 47.6 Å². The summed E-state index contributed by atoms with van der Waals surface area (Å²) in [6, 6.07) is 12.0. The molecule has 0 unspecified atom stereocenters. The zero-order valence-corrected chi connectivity index (χ0v) is 14.3. The van der Waals surface area contributed by atoms with Gasteiger partial charge in [0.1, 0.15) is 11.5 Å². The highest BCUT2D eigenvalue weighted by molar-refractivity contribution is 6.35. The third-order valence-corrected chi connectivity index (χ3v) is 3.73. The van der Waals surface area contributed by atoms with E-state index in [-0.39, 0.29) is 5.91 Å². The van der Waals surface area contributed by atoms with Crippen molar-refractivity contribution in [2.24, 2.45) is 0 Å². The molecule has 1 amide bonds. The smallest absolute Gasteiger partial charge is 0.265 e. The van der Waals surface area contributed by atoms with Crippen LogP contribution in [0.15, 0.2) is 42.5 Å². The highest BCUT2D eigenvalue weighted by atomic mass is 35.5. The molecule has 0 aliphatic rings. The summed E-state index contributed by atoms with van der Waals surface area (Å²) >= 11 is 12.0. The predicted octanol–water partition coefficient (Wildman–Crippen LogP) is 4.80. The minimum atomic E-state index is -0.655. The summed E-state index contributed by atoms with van der Waals surface area (Å²) in [7, 11) is 1.57. The first-order valence-corrected chi connectivity index (χ1v) is 7.85. The van der Waals surface area contributed by atoms with E-state index in [0.29, 0.717) is 33.7 Å². The van der Waals surface area contributed by atoms with Crippen LogP contribution in [0.1, 0.15) is 13.3 Å². The van der Waals surface area contributed by atoms with E-state index in [4.69, 9.17) is 32.7 Å². The predicted molar refractivity (Wildman–Crippen MR) is 92.8 cm³/mol. The molecule has 0 bridgehead atoms. The summed E-state index contributed by atoms with van der Waals surface area (Å²) in [5, 5.41) is 3.65. The van der Waals surface area contributed by atoms with E-state index in [1.165, 1.54) is 0 Å². The van der Waals surface area contributed by atoms with Gasteiger partial charge in [0.25, 0.3) is 5.91 Å². The van der Waals surface area contributed by atoms with Crippen molar-refractivity contribution in [2.75, 3.05) is 12.4 Å². The Bertz CT molecular complexity index is 691. The lowest BCUT2D eigenvalue weighted by atomic mass is 10.2. The van der Waals surface area contributed by atoms with Crippen molar-refractivity contribution < 1.29 is 14.3 Å². The second kappa shape index (κ2) is 8.09. The third kappa shape index (κ3) is 4.78. The monoisotopic (exact) mass is 353 g/mol. The fourth-order valence-electron chi connectivity index (χ4n) is 1.97. The Morgan fingerprint density at radius 3 is 2.61 bits per heavy atom.